The van der Waals surface area contributed by atoms with Gasteiger partial charge in [-0.15, -0.1) is 0 Å². The second-order valence-corrected chi connectivity index (χ2v) is 5.64. The predicted molar refractivity (Wildman–Crippen MR) is 101 cm³/mol. The van der Waals surface area contributed by atoms with E-state index in [0.29, 0.717) is 13.2 Å². The summed E-state index contributed by atoms with van der Waals surface area (Å²) in [5.41, 5.74) is 2.26. The lowest BCUT2D eigenvalue weighted by molar-refractivity contribution is -0.116. The van der Waals surface area contributed by atoms with Crippen molar-refractivity contribution in [2.24, 2.45) is 0 Å². The molecule has 0 aliphatic heterocycles. The number of hydrogen-bond donors (Lipinski definition) is 1. The Hall–Kier alpha value is -2.75. The average molecular weight is 339 g/mol. The summed E-state index contributed by atoms with van der Waals surface area (Å²) in [6.07, 6.45) is 5.50. The first kappa shape index (κ1) is 18.6. The monoisotopic (exact) mass is 339 g/mol. The van der Waals surface area contributed by atoms with Gasteiger partial charge in [-0.25, -0.2) is 0 Å². The number of benzene rings is 2. The topological polar surface area (TPSA) is 47.6 Å². The zero-order valence-corrected chi connectivity index (χ0v) is 14.8. The van der Waals surface area contributed by atoms with Gasteiger partial charge in [0.25, 0.3) is 0 Å². The minimum Gasteiger partial charge on any atom is -0.497 e. The van der Waals surface area contributed by atoms with Crippen LogP contribution >= 0.6 is 0 Å². The Morgan fingerprint density at radius 3 is 2.36 bits per heavy atom. The zero-order valence-electron chi connectivity index (χ0n) is 14.8. The Labute approximate surface area is 149 Å². The molecule has 0 saturated heterocycles. The Bertz CT molecular complexity index is 675. The van der Waals surface area contributed by atoms with Crippen LogP contribution in [0.5, 0.6) is 11.5 Å². The van der Waals surface area contributed by atoms with Crippen LogP contribution in [-0.4, -0.2) is 26.2 Å². The van der Waals surface area contributed by atoms with Crippen LogP contribution in [0.2, 0.25) is 0 Å². The Morgan fingerprint density at radius 2 is 1.72 bits per heavy atom. The average Bonchev–Trinajstić information content (AvgIpc) is 2.65. The van der Waals surface area contributed by atoms with Gasteiger partial charge in [-0.05, 0) is 47.9 Å². The van der Waals surface area contributed by atoms with Gasteiger partial charge in [0.05, 0.1) is 13.7 Å². The van der Waals surface area contributed by atoms with E-state index in [1.807, 2.05) is 36.4 Å². The van der Waals surface area contributed by atoms with E-state index >= 15 is 0 Å². The van der Waals surface area contributed by atoms with E-state index in [1.165, 1.54) is 11.6 Å². The van der Waals surface area contributed by atoms with Gasteiger partial charge in [-0.1, -0.05) is 37.6 Å². The van der Waals surface area contributed by atoms with Crippen LogP contribution in [0, 0.1) is 0 Å². The summed E-state index contributed by atoms with van der Waals surface area (Å²) >= 11 is 0. The van der Waals surface area contributed by atoms with Crippen LogP contribution in [0.3, 0.4) is 0 Å². The van der Waals surface area contributed by atoms with Crippen LogP contribution in [0.4, 0.5) is 0 Å². The molecular weight excluding hydrogens is 314 g/mol. The molecule has 1 N–H and O–H groups in total. The van der Waals surface area contributed by atoms with Crippen LogP contribution in [-0.2, 0) is 11.2 Å². The van der Waals surface area contributed by atoms with Crippen molar-refractivity contribution in [3.8, 4) is 11.5 Å². The van der Waals surface area contributed by atoms with Crippen molar-refractivity contribution in [3.63, 3.8) is 0 Å². The quantitative estimate of drug-likeness (QED) is 0.557. The standard InChI is InChI=1S/C21H25NO3/c1-3-4-17-7-12-20(13-8-17)25-16-15-22-21(23)14-9-18-5-10-19(24-2)11-6-18/h5-14H,3-4,15-16H2,1-2H3,(H,22,23)/b14-9+. The van der Waals surface area contributed by atoms with Crippen molar-refractivity contribution in [1.29, 1.82) is 0 Å². The third kappa shape index (κ3) is 6.71. The molecule has 0 radical (unpaired) electrons. The number of amides is 1. The highest BCUT2D eigenvalue weighted by Gasteiger charge is 1.98. The Balaban J connectivity index is 1.68. The molecule has 0 aromatic heterocycles. The number of ether oxygens (including phenoxy) is 2. The van der Waals surface area contributed by atoms with Gasteiger partial charge in [-0.2, -0.15) is 0 Å². The minimum atomic E-state index is -0.141. The van der Waals surface area contributed by atoms with E-state index in [9.17, 15) is 4.79 Å². The number of nitrogens with one attached hydrogen (secondary N) is 1. The van der Waals surface area contributed by atoms with Crippen LogP contribution < -0.4 is 14.8 Å². The van der Waals surface area contributed by atoms with Crippen molar-refractivity contribution in [1.82, 2.24) is 5.32 Å². The lowest BCUT2D eigenvalue weighted by Crippen LogP contribution is -2.26. The molecular formula is C21H25NO3. The summed E-state index contributed by atoms with van der Waals surface area (Å²) in [5, 5.41) is 2.80. The van der Waals surface area contributed by atoms with Crippen LogP contribution in [0.15, 0.2) is 54.6 Å². The van der Waals surface area contributed by atoms with E-state index in [4.69, 9.17) is 9.47 Å². The molecule has 2 aromatic carbocycles. The maximum absolute atomic E-state index is 11.8. The predicted octanol–water partition coefficient (Wildman–Crippen LogP) is 3.86. The highest BCUT2D eigenvalue weighted by molar-refractivity contribution is 5.91. The fraction of sp³-hybridized carbons (Fsp3) is 0.286. The van der Waals surface area contributed by atoms with Gasteiger partial charge < -0.3 is 14.8 Å². The first-order chi connectivity index (χ1) is 12.2. The number of carbonyl (C=O) groups is 1. The third-order valence-corrected chi connectivity index (χ3v) is 3.68. The van der Waals surface area contributed by atoms with E-state index in [-0.39, 0.29) is 5.91 Å². The highest BCUT2D eigenvalue weighted by atomic mass is 16.5. The molecule has 0 unspecified atom stereocenters. The van der Waals surface area contributed by atoms with Gasteiger partial charge in [0, 0.05) is 6.08 Å². The van der Waals surface area contributed by atoms with Crippen molar-refractivity contribution in [2.75, 3.05) is 20.3 Å². The SMILES string of the molecule is CCCc1ccc(OCCNC(=O)/C=C/c2ccc(OC)cc2)cc1. The lowest BCUT2D eigenvalue weighted by atomic mass is 10.1. The molecule has 1 amide bonds. The normalized spacial score (nSPS) is 10.6. The molecule has 0 aliphatic carbocycles. The lowest BCUT2D eigenvalue weighted by Gasteiger charge is -2.07. The summed E-state index contributed by atoms with van der Waals surface area (Å²) in [6.45, 7) is 3.06. The molecule has 132 valence electrons. The highest BCUT2D eigenvalue weighted by Crippen LogP contribution is 2.13. The molecule has 25 heavy (non-hydrogen) atoms. The van der Waals surface area contributed by atoms with Crippen LogP contribution in [0.1, 0.15) is 24.5 Å². The maximum atomic E-state index is 11.8. The summed E-state index contributed by atoms with van der Waals surface area (Å²) in [6, 6.07) is 15.6. The minimum absolute atomic E-state index is 0.141. The van der Waals surface area contributed by atoms with Crippen molar-refractivity contribution in [2.45, 2.75) is 19.8 Å². The van der Waals surface area contributed by atoms with Crippen molar-refractivity contribution in [3.05, 3.63) is 65.7 Å². The number of carbonyl (C=O) groups excluding carboxylic acids is 1. The molecule has 4 heteroatoms. The number of rotatable bonds is 9. The van der Waals surface area contributed by atoms with Crippen molar-refractivity contribution < 1.29 is 14.3 Å². The summed E-state index contributed by atoms with van der Waals surface area (Å²) in [4.78, 5) is 11.8. The fourth-order valence-electron chi connectivity index (χ4n) is 2.33. The maximum Gasteiger partial charge on any atom is 0.244 e. The molecule has 2 rings (SSSR count). The fourth-order valence-corrected chi connectivity index (χ4v) is 2.33. The summed E-state index contributed by atoms with van der Waals surface area (Å²) < 4.78 is 10.7. The molecule has 2 aromatic rings. The summed E-state index contributed by atoms with van der Waals surface area (Å²) in [7, 11) is 1.62. The number of methoxy groups -OCH3 is 1. The first-order valence-electron chi connectivity index (χ1n) is 8.53. The Morgan fingerprint density at radius 1 is 1.04 bits per heavy atom. The second kappa shape index (κ2) is 10.2. The van der Waals surface area contributed by atoms with Gasteiger partial charge in [0.2, 0.25) is 5.91 Å². The second-order valence-electron chi connectivity index (χ2n) is 5.64. The van der Waals surface area contributed by atoms with E-state index in [2.05, 4.69) is 24.4 Å². The third-order valence-electron chi connectivity index (χ3n) is 3.68. The molecule has 0 saturated carbocycles. The molecule has 0 fully saturated rings. The number of hydrogen-bond acceptors (Lipinski definition) is 3. The van der Waals surface area contributed by atoms with Gasteiger partial charge in [0.1, 0.15) is 18.1 Å². The Kier molecular flexibility index (Phi) is 7.57. The van der Waals surface area contributed by atoms with E-state index < -0.39 is 0 Å². The van der Waals surface area contributed by atoms with Crippen molar-refractivity contribution >= 4 is 12.0 Å². The smallest absolute Gasteiger partial charge is 0.244 e. The molecule has 0 bridgehead atoms. The molecule has 0 aliphatic rings. The first-order valence-corrected chi connectivity index (χ1v) is 8.53. The molecule has 0 heterocycles. The zero-order chi connectivity index (χ0) is 17.9. The molecule has 0 spiro atoms. The number of aryl methyl sites for hydroxylation is 1. The van der Waals surface area contributed by atoms with E-state index in [1.54, 1.807) is 13.2 Å². The van der Waals surface area contributed by atoms with Gasteiger partial charge >= 0.3 is 0 Å². The molecule has 0 atom stereocenters. The van der Waals surface area contributed by atoms with Gasteiger partial charge in [-0.3, -0.25) is 4.79 Å². The van der Waals surface area contributed by atoms with Crippen LogP contribution in [0.25, 0.3) is 6.08 Å². The summed E-state index contributed by atoms with van der Waals surface area (Å²) in [5.74, 6) is 1.47. The largest absolute Gasteiger partial charge is 0.497 e. The van der Waals surface area contributed by atoms with Gasteiger partial charge in [0.15, 0.2) is 0 Å². The van der Waals surface area contributed by atoms with E-state index in [0.717, 1.165) is 29.9 Å². The molecule has 4 nitrogen and oxygen atoms in total.